The molecule has 2 unspecified atom stereocenters. The summed E-state index contributed by atoms with van der Waals surface area (Å²) in [6, 6.07) is 88.4. The molecule has 0 aromatic heterocycles. The molecule has 2 atom stereocenters. The fraction of sp³-hybridized carbons (Fsp3) is 0.157. The maximum Gasteiger partial charge on any atom is 0.336 e. The predicted molar refractivity (Wildman–Crippen MR) is 396 cm³/mol. The summed E-state index contributed by atoms with van der Waals surface area (Å²) in [5, 5.41) is 36.8. The van der Waals surface area contributed by atoms with Crippen LogP contribution in [-0.4, -0.2) is 46.4 Å². The van der Waals surface area contributed by atoms with Gasteiger partial charge < -0.3 is 62.7 Å². The molecule has 16 heteroatoms. The molecule has 1 heterocycles. The van der Waals surface area contributed by atoms with E-state index in [-0.39, 0.29) is 158 Å². The zero-order valence-electron chi connectivity index (χ0n) is 57.4. The molecule has 1 fully saturated rings. The Kier molecular flexibility index (Phi) is 23.4. The topological polar surface area (TPSA) is 204 Å². The van der Waals surface area contributed by atoms with Gasteiger partial charge in [-0.15, -0.1) is 0 Å². The first-order chi connectivity index (χ1) is 51.6. The highest BCUT2D eigenvalue weighted by Gasteiger charge is 2.49. The maximum atomic E-state index is 15.2. The fourth-order valence-corrected chi connectivity index (χ4v) is 13.0. The van der Waals surface area contributed by atoms with Crippen molar-refractivity contribution in [3.8, 4) is 51.7 Å². The SMILES string of the molecule is O=C(O)c1cc(OCc2ccccc2)c(OCc2ccccc2)c(OCc2ccccc2)c1C1COCC(c2c(C(=O)O)cc(OCc3ccccc3)c(OCc3ccccc3)c2OCc2ccccc2)C1c1c(C(=O)O)cc(OCc2ccccc2)c(OCc2ccccc2)c1OCc1ccccc1. The summed E-state index contributed by atoms with van der Waals surface area (Å²) in [5.41, 5.74) is 5.45. The Morgan fingerprint density at radius 2 is 0.438 bits per heavy atom. The number of benzene rings is 12. The Labute approximate surface area is 608 Å². The molecule has 528 valence electrons. The number of ether oxygens (including phenoxy) is 10. The highest BCUT2D eigenvalue weighted by molar-refractivity contribution is 5.95. The van der Waals surface area contributed by atoms with E-state index in [0.29, 0.717) is 16.7 Å². The lowest BCUT2D eigenvalue weighted by Gasteiger charge is -2.42. The van der Waals surface area contributed by atoms with Crippen molar-refractivity contribution in [2.45, 2.75) is 77.2 Å². The third-order valence-corrected chi connectivity index (χ3v) is 18.0. The number of hydrogen-bond donors (Lipinski definition) is 3. The normalized spacial score (nSPS) is 13.9. The summed E-state index contributed by atoms with van der Waals surface area (Å²) >= 11 is 0. The van der Waals surface area contributed by atoms with Crippen molar-refractivity contribution in [2.75, 3.05) is 13.2 Å². The van der Waals surface area contributed by atoms with Crippen molar-refractivity contribution in [2.24, 2.45) is 0 Å². The number of hydrogen-bond acceptors (Lipinski definition) is 13. The van der Waals surface area contributed by atoms with Gasteiger partial charge in [0.1, 0.15) is 59.5 Å². The van der Waals surface area contributed by atoms with Crippen LogP contribution in [0, 0.1) is 0 Å². The smallest absolute Gasteiger partial charge is 0.336 e. The van der Waals surface area contributed by atoms with Crippen molar-refractivity contribution in [1.82, 2.24) is 0 Å². The number of carboxylic acid groups (broad SMARTS) is 3. The fourth-order valence-electron chi connectivity index (χ4n) is 13.0. The first-order valence-electron chi connectivity index (χ1n) is 34.5. The van der Waals surface area contributed by atoms with Crippen LogP contribution in [0.2, 0.25) is 0 Å². The zero-order chi connectivity index (χ0) is 72.1. The van der Waals surface area contributed by atoms with Gasteiger partial charge >= 0.3 is 17.9 Å². The molecule has 12 aromatic carbocycles. The lowest BCUT2D eigenvalue weighted by molar-refractivity contribution is 0.0440. The van der Waals surface area contributed by atoms with Crippen molar-refractivity contribution in [1.29, 1.82) is 0 Å². The molecule has 13 rings (SSSR count). The van der Waals surface area contributed by atoms with Crippen LogP contribution in [0.15, 0.2) is 291 Å². The minimum atomic E-state index is -1.47. The first-order valence-corrected chi connectivity index (χ1v) is 34.5. The Morgan fingerprint density at radius 3 is 0.648 bits per heavy atom. The van der Waals surface area contributed by atoms with Gasteiger partial charge in [-0.25, -0.2) is 14.4 Å². The van der Waals surface area contributed by atoms with Gasteiger partial charge in [0, 0.05) is 34.4 Å². The second kappa shape index (κ2) is 34.7. The number of carbonyl (C=O) groups is 3. The molecular formula is C89H76O16. The van der Waals surface area contributed by atoms with Gasteiger partial charge in [-0.1, -0.05) is 273 Å². The van der Waals surface area contributed by atoms with E-state index in [4.69, 9.17) is 47.4 Å². The van der Waals surface area contributed by atoms with Crippen LogP contribution in [-0.2, 0) is 64.2 Å². The number of carboxylic acids is 3. The average molecular weight is 1400 g/mol. The van der Waals surface area contributed by atoms with E-state index < -0.39 is 35.7 Å². The zero-order valence-corrected chi connectivity index (χ0v) is 57.4. The molecule has 0 aliphatic carbocycles. The van der Waals surface area contributed by atoms with Crippen molar-refractivity contribution >= 4 is 17.9 Å². The molecule has 3 N–H and O–H groups in total. The summed E-state index contributed by atoms with van der Waals surface area (Å²) < 4.78 is 70.1. The third kappa shape index (κ3) is 17.8. The highest BCUT2D eigenvalue weighted by Crippen LogP contribution is 2.61. The number of rotatable bonds is 33. The molecule has 0 radical (unpaired) electrons. The van der Waals surface area contributed by atoms with Gasteiger partial charge in [0.15, 0.2) is 34.5 Å². The van der Waals surface area contributed by atoms with Crippen molar-refractivity contribution in [3.05, 3.63) is 375 Å². The van der Waals surface area contributed by atoms with Crippen LogP contribution in [0.5, 0.6) is 51.7 Å². The molecular weight excluding hydrogens is 1320 g/mol. The van der Waals surface area contributed by atoms with Crippen LogP contribution in [0.4, 0.5) is 0 Å². The molecule has 0 spiro atoms. The summed E-state index contributed by atoms with van der Waals surface area (Å²) in [5.74, 6) is -8.82. The lowest BCUT2D eigenvalue weighted by Crippen LogP contribution is -2.35. The molecule has 12 aromatic rings. The van der Waals surface area contributed by atoms with Crippen LogP contribution < -0.4 is 42.6 Å². The van der Waals surface area contributed by atoms with Crippen molar-refractivity contribution < 1.29 is 77.1 Å². The summed E-state index contributed by atoms with van der Waals surface area (Å²) in [4.78, 5) is 45.2. The molecule has 0 amide bonds. The van der Waals surface area contributed by atoms with Gasteiger partial charge in [-0.05, 0) is 68.3 Å². The van der Waals surface area contributed by atoms with E-state index in [1.807, 2.05) is 273 Å². The quantitative estimate of drug-likeness (QED) is 0.0350. The van der Waals surface area contributed by atoms with Gasteiger partial charge in [0.05, 0.1) is 29.9 Å². The first kappa shape index (κ1) is 70.6. The Balaban J connectivity index is 1.15. The molecule has 105 heavy (non-hydrogen) atoms. The molecule has 1 saturated heterocycles. The van der Waals surface area contributed by atoms with Crippen molar-refractivity contribution in [3.63, 3.8) is 0 Å². The van der Waals surface area contributed by atoms with E-state index >= 15 is 4.79 Å². The molecule has 1 aliphatic rings. The summed E-state index contributed by atoms with van der Waals surface area (Å²) in [7, 11) is 0. The second-order valence-corrected chi connectivity index (χ2v) is 25.1. The summed E-state index contributed by atoms with van der Waals surface area (Å²) in [6.45, 7) is -1.52. The minimum absolute atomic E-state index is 0.00880. The van der Waals surface area contributed by atoms with Gasteiger partial charge in [0.25, 0.3) is 0 Å². The van der Waals surface area contributed by atoms with Gasteiger partial charge in [-0.3, -0.25) is 0 Å². The van der Waals surface area contributed by atoms with E-state index in [2.05, 4.69) is 0 Å². The monoisotopic (exact) mass is 1400 g/mol. The summed E-state index contributed by atoms with van der Waals surface area (Å²) in [6.07, 6.45) is 0. The lowest BCUT2D eigenvalue weighted by atomic mass is 9.67. The molecule has 0 saturated carbocycles. The van der Waals surface area contributed by atoms with Crippen LogP contribution in [0.1, 0.15) is 116 Å². The van der Waals surface area contributed by atoms with Crippen LogP contribution >= 0.6 is 0 Å². The highest BCUT2D eigenvalue weighted by atomic mass is 16.6. The van der Waals surface area contributed by atoms with Crippen LogP contribution in [0.25, 0.3) is 0 Å². The largest absolute Gasteiger partial charge is 0.485 e. The third-order valence-electron chi connectivity index (χ3n) is 18.0. The Morgan fingerprint density at radius 1 is 0.257 bits per heavy atom. The maximum absolute atomic E-state index is 15.2. The average Bonchev–Trinajstić information content (AvgIpc) is 0.722. The standard InChI is InChI=1S/C89H76O16/c90-87(91)69-46-74(97-49-60-28-10-1-11-29-60)81(100-52-63-34-16-4-17-35-63)84(103-55-66-40-22-7-23-41-66)78(69)72-58-96-59-73(79-70(88(92)93)47-75(98-50-61-30-12-2-13-31-61)82(101-53-64-36-18-5-19-37-64)85(79)104-56-67-42-24-8-25-43-67)77(72)80-71(89(94)95)48-76(99-51-62-32-14-3-15-33-62)83(102-54-65-38-20-6-21-39-65)86(80)105-57-68-44-26-9-27-45-68/h1-48,72-73,77H,49-59H2,(H,90,91)(H,92,93)(H,94,95). The molecule has 16 nitrogen and oxygen atoms in total. The predicted octanol–water partition coefficient (Wildman–Crippen LogP) is 18.7. The number of aromatic carboxylic acids is 3. The van der Waals surface area contributed by atoms with Crippen LogP contribution in [0.3, 0.4) is 0 Å². The van der Waals surface area contributed by atoms with E-state index in [0.717, 1.165) is 33.4 Å². The Bertz CT molecular complexity index is 4630. The van der Waals surface area contributed by atoms with E-state index in [9.17, 15) is 24.9 Å². The second-order valence-electron chi connectivity index (χ2n) is 25.1. The molecule has 0 bridgehead atoms. The van der Waals surface area contributed by atoms with Gasteiger partial charge in [0.2, 0.25) is 17.2 Å². The van der Waals surface area contributed by atoms with E-state index in [1.165, 1.54) is 18.2 Å². The Hall–Kier alpha value is -12.8. The van der Waals surface area contributed by atoms with E-state index in [1.54, 1.807) is 0 Å². The molecule has 1 aliphatic heterocycles. The minimum Gasteiger partial charge on any atom is -0.485 e. The van der Waals surface area contributed by atoms with Gasteiger partial charge in [-0.2, -0.15) is 0 Å².